The monoisotopic (exact) mass is 291 g/mol. The Labute approximate surface area is 124 Å². The first kappa shape index (κ1) is 15.5. The lowest BCUT2D eigenvalue weighted by Gasteiger charge is -2.07. The van der Waals surface area contributed by atoms with Crippen LogP contribution in [0.2, 0.25) is 0 Å². The molecule has 0 aliphatic carbocycles. The van der Waals surface area contributed by atoms with Gasteiger partial charge in [0.05, 0.1) is 24.8 Å². The highest BCUT2D eigenvalue weighted by atomic mass is 16.5. The molecule has 0 saturated carbocycles. The zero-order valence-electron chi connectivity index (χ0n) is 12.4. The molecule has 0 radical (unpaired) electrons. The molecule has 1 heterocycles. The predicted octanol–water partition coefficient (Wildman–Crippen LogP) is 2.56. The normalized spacial score (nSPS) is 12.3. The van der Waals surface area contributed by atoms with Gasteiger partial charge in [-0.05, 0) is 25.5 Å². The van der Waals surface area contributed by atoms with Gasteiger partial charge in [0.1, 0.15) is 5.75 Å². The summed E-state index contributed by atoms with van der Waals surface area (Å²) in [6.45, 7) is 5.59. The molecule has 0 aliphatic heterocycles. The van der Waals surface area contributed by atoms with Crippen molar-refractivity contribution in [3.63, 3.8) is 0 Å². The number of aromatic nitrogens is 2. The molecule has 0 spiro atoms. The largest absolute Gasteiger partial charge is 0.493 e. The van der Waals surface area contributed by atoms with Crippen molar-refractivity contribution in [3.05, 3.63) is 30.1 Å². The molecule has 0 bridgehead atoms. The first-order valence-electron chi connectivity index (χ1n) is 7.15. The zero-order valence-corrected chi connectivity index (χ0v) is 12.4. The summed E-state index contributed by atoms with van der Waals surface area (Å²) >= 11 is 0. The summed E-state index contributed by atoms with van der Waals surface area (Å²) in [7, 11) is 0. The van der Waals surface area contributed by atoms with Crippen LogP contribution < -0.4 is 10.5 Å². The molecule has 2 aromatic rings. The van der Waals surface area contributed by atoms with Crippen LogP contribution in [0.4, 0.5) is 0 Å². The quantitative estimate of drug-likeness (QED) is 0.752. The number of benzene rings is 1. The van der Waals surface area contributed by atoms with E-state index in [2.05, 4.69) is 10.1 Å². The van der Waals surface area contributed by atoms with Crippen molar-refractivity contribution in [2.24, 2.45) is 5.73 Å². The van der Waals surface area contributed by atoms with Crippen molar-refractivity contribution < 1.29 is 14.0 Å². The van der Waals surface area contributed by atoms with Gasteiger partial charge in [-0.15, -0.1) is 0 Å². The topological polar surface area (TPSA) is 83.4 Å². The average molecular weight is 291 g/mol. The molecule has 6 nitrogen and oxygen atoms in total. The highest BCUT2D eigenvalue weighted by Gasteiger charge is 2.17. The summed E-state index contributed by atoms with van der Waals surface area (Å²) in [4.78, 5) is 4.34. The van der Waals surface area contributed by atoms with Gasteiger partial charge in [0.2, 0.25) is 0 Å². The van der Waals surface area contributed by atoms with Crippen LogP contribution in [0.5, 0.6) is 5.75 Å². The van der Waals surface area contributed by atoms with Crippen LogP contribution >= 0.6 is 0 Å². The van der Waals surface area contributed by atoms with Gasteiger partial charge in [0.15, 0.2) is 5.82 Å². The molecule has 2 rings (SSSR count). The molecule has 21 heavy (non-hydrogen) atoms. The van der Waals surface area contributed by atoms with Crippen LogP contribution in [0, 0.1) is 0 Å². The second-order valence-corrected chi connectivity index (χ2v) is 4.57. The fraction of sp³-hybridized carbons (Fsp3) is 0.467. The Hall–Kier alpha value is -1.92. The van der Waals surface area contributed by atoms with Crippen molar-refractivity contribution in [3.8, 4) is 17.2 Å². The molecule has 0 amide bonds. The molecule has 1 aromatic heterocycles. The van der Waals surface area contributed by atoms with Crippen LogP contribution in [-0.4, -0.2) is 30.0 Å². The van der Waals surface area contributed by atoms with Crippen LogP contribution in [0.25, 0.3) is 11.5 Å². The van der Waals surface area contributed by atoms with E-state index in [0.717, 1.165) is 12.0 Å². The Morgan fingerprint density at radius 1 is 1.29 bits per heavy atom. The number of rotatable bonds is 8. The number of hydrogen-bond acceptors (Lipinski definition) is 6. The van der Waals surface area contributed by atoms with E-state index in [1.54, 1.807) is 0 Å². The Morgan fingerprint density at radius 3 is 2.86 bits per heavy atom. The van der Waals surface area contributed by atoms with Crippen molar-refractivity contribution in [2.45, 2.75) is 26.3 Å². The molecule has 2 N–H and O–H groups in total. The molecule has 0 saturated heterocycles. The first-order valence-corrected chi connectivity index (χ1v) is 7.15. The third-order valence-corrected chi connectivity index (χ3v) is 2.84. The predicted molar refractivity (Wildman–Crippen MR) is 78.9 cm³/mol. The summed E-state index contributed by atoms with van der Waals surface area (Å²) in [5.41, 5.74) is 6.75. The maximum Gasteiger partial charge on any atom is 0.261 e. The Bertz CT molecular complexity index is 557. The number of hydrogen-bond donors (Lipinski definition) is 1. The third kappa shape index (κ3) is 4.03. The molecule has 0 aliphatic rings. The van der Waals surface area contributed by atoms with E-state index >= 15 is 0 Å². The summed E-state index contributed by atoms with van der Waals surface area (Å²) in [5, 5.41) is 3.93. The van der Waals surface area contributed by atoms with Gasteiger partial charge in [-0.25, -0.2) is 0 Å². The summed E-state index contributed by atoms with van der Waals surface area (Å²) < 4.78 is 16.3. The minimum atomic E-state index is -0.395. The SMILES string of the molecule is CCCOCC(N)c1noc(-c2ccccc2OCC)n1. The number of ether oxygens (including phenoxy) is 2. The standard InChI is InChI=1S/C15H21N3O3/c1-3-9-19-10-12(16)14-17-15(21-18-14)11-7-5-6-8-13(11)20-4-2/h5-8,12H,3-4,9-10,16H2,1-2H3. The van der Waals surface area contributed by atoms with E-state index in [1.807, 2.05) is 38.1 Å². The smallest absolute Gasteiger partial charge is 0.261 e. The first-order chi connectivity index (χ1) is 10.3. The van der Waals surface area contributed by atoms with E-state index in [9.17, 15) is 0 Å². The fourth-order valence-corrected chi connectivity index (χ4v) is 1.85. The lowest BCUT2D eigenvalue weighted by atomic mass is 10.2. The van der Waals surface area contributed by atoms with Gasteiger partial charge < -0.3 is 19.7 Å². The van der Waals surface area contributed by atoms with E-state index in [0.29, 0.717) is 37.3 Å². The Morgan fingerprint density at radius 2 is 2.10 bits per heavy atom. The summed E-state index contributed by atoms with van der Waals surface area (Å²) in [6, 6.07) is 7.14. The molecule has 6 heteroatoms. The van der Waals surface area contributed by atoms with Crippen molar-refractivity contribution in [1.29, 1.82) is 0 Å². The van der Waals surface area contributed by atoms with Crippen LogP contribution in [0.3, 0.4) is 0 Å². The molecule has 1 aromatic carbocycles. The average Bonchev–Trinajstić information content (AvgIpc) is 2.98. The number of para-hydroxylation sites is 1. The highest BCUT2D eigenvalue weighted by molar-refractivity contribution is 5.62. The maximum atomic E-state index is 5.98. The summed E-state index contributed by atoms with van der Waals surface area (Å²) in [6.07, 6.45) is 0.950. The van der Waals surface area contributed by atoms with E-state index in [4.69, 9.17) is 19.7 Å². The van der Waals surface area contributed by atoms with E-state index in [-0.39, 0.29) is 0 Å². The van der Waals surface area contributed by atoms with Gasteiger partial charge in [-0.2, -0.15) is 4.98 Å². The van der Waals surface area contributed by atoms with Gasteiger partial charge >= 0.3 is 0 Å². The third-order valence-electron chi connectivity index (χ3n) is 2.84. The molecule has 114 valence electrons. The van der Waals surface area contributed by atoms with E-state index < -0.39 is 6.04 Å². The molecular formula is C15H21N3O3. The van der Waals surface area contributed by atoms with Crippen molar-refractivity contribution >= 4 is 0 Å². The van der Waals surface area contributed by atoms with E-state index in [1.165, 1.54) is 0 Å². The molecule has 1 unspecified atom stereocenters. The molecule has 1 atom stereocenters. The van der Waals surface area contributed by atoms with Gasteiger partial charge in [0.25, 0.3) is 5.89 Å². The lowest BCUT2D eigenvalue weighted by Crippen LogP contribution is -2.18. The van der Waals surface area contributed by atoms with Crippen molar-refractivity contribution in [2.75, 3.05) is 19.8 Å². The fourth-order valence-electron chi connectivity index (χ4n) is 1.85. The van der Waals surface area contributed by atoms with Gasteiger partial charge in [0, 0.05) is 6.61 Å². The van der Waals surface area contributed by atoms with Gasteiger partial charge in [-0.3, -0.25) is 0 Å². The number of nitrogens with zero attached hydrogens (tertiary/aromatic N) is 2. The van der Waals surface area contributed by atoms with Crippen LogP contribution in [0.15, 0.2) is 28.8 Å². The molecular weight excluding hydrogens is 270 g/mol. The van der Waals surface area contributed by atoms with Crippen molar-refractivity contribution in [1.82, 2.24) is 10.1 Å². The Kier molecular flexibility index (Phi) is 5.71. The molecule has 0 fully saturated rings. The maximum absolute atomic E-state index is 5.98. The zero-order chi connectivity index (χ0) is 15.1. The van der Waals surface area contributed by atoms with Crippen LogP contribution in [0.1, 0.15) is 32.1 Å². The number of nitrogens with two attached hydrogens (primary N) is 1. The summed E-state index contributed by atoms with van der Waals surface area (Å²) in [5.74, 6) is 1.55. The minimum absolute atomic E-state index is 0.375. The highest BCUT2D eigenvalue weighted by Crippen LogP contribution is 2.28. The van der Waals surface area contributed by atoms with Gasteiger partial charge in [-0.1, -0.05) is 24.2 Å². The minimum Gasteiger partial charge on any atom is -0.493 e. The van der Waals surface area contributed by atoms with Crippen LogP contribution in [-0.2, 0) is 4.74 Å². The second-order valence-electron chi connectivity index (χ2n) is 4.57. The second kappa shape index (κ2) is 7.75. The lowest BCUT2D eigenvalue weighted by molar-refractivity contribution is 0.119. The Balaban J connectivity index is 2.12.